The fourth-order valence-electron chi connectivity index (χ4n) is 2.70. The summed E-state index contributed by atoms with van der Waals surface area (Å²) in [5.41, 5.74) is 0. The van der Waals surface area contributed by atoms with E-state index in [4.69, 9.17) is 0 Å². The van der Waals surface area contributed by atoms with Crippen molar-refractivity contribution < 1.29 is 8.42 Å². The minimum Gasteiger partial charge on any atom is -0.303 e. The van der Waals surface area contributed by atoms with Gasteiger partial charge in [-0.25, -0.2) is 4.72 Å². The molecule has 0 saturated heterocycles. The molecule has 1 aliphatic rings. The quantitative estimate of drug-likeness (QED) is 0.661. The van der Waals surface area contributed by atoms with Crippen molar-refractivity contribution in [1.82, 2.24) is 13.9 Å². The molecule has 0 aliphatic heterocycles. The van der Waals surface area contributed by atoms with Gasteiger partial charge in [0.25, 0.3) is 10.2 Å². The van der Waals surface area contributed by atoms with Crippen molar-refractivity contribution in [3.8, 4) is 0 Å². The molecule has 6 heteroatoms. The minimum absolute atomic E-state index is 0.535. The van der Waals surface area contributed by atoms with Gasteiger partial charge >= 0.3 is 0 Å². The second-order valence-corrected chi connectivity index (χ2v) is 7.98. The van der Waals surface area contributed by atoms with E-state index in [2.05, 4.69) is 16.7 Å². The summed E-state index contributed by atoms with van der Waals surface area (Å²) >= 11 is 0. The summed E-state index contributed by atoms with van der Waals surface area (Å²) in [6, 6.07) is 0.774. The lowest BCUT2D eigenvalue weighted by Crippen LogP contribution is -2.36. The molecule has 0 radical (unpaired) electrons. The first-order chi connectivity index (χ1) is 9.43. The Hall–Kier alpha value is -0.170. The Morgan fingerprint density at radius 3 is 2.25 bits per heavy atom. The molecule has 0 atom stereocenters. The molecule has 20 heavy (non-hydrogen) atoms. The molecular formula is C14H31N3O2S. The molecule has 0 spiro atoms. The van der Waals surface area contributed by atoms with Gasteiger partial charge in [-0.05, 0) is 39.3 Å². The number of nitrogens with one attached hydrogen (secondary N) is 1. The highest BCUT2D eigenvalue weighted by Gasteiger charge is 2.17. The van der Waals surface area contributed by atoms with Crippen molar-refractivity contribution in [2.24, 2.45) is 0 Å². The molecule has 0 aromatic heterocycles. The highest BCUT2D eigenvalue weighted by Crippen LogP contribution is 2.21. The van der Waals surface area contributed by atoms with E-state index in [1.54, 1.807) is 14.1 Å². The van der Waals surface area contributed by atoms with Gasteiger partial charge in [-0.3, -0.25) is 0 Å². The number of rotatable bonds is 9. The van der Waals surface area contributed by atoms with E-state index in [0.717, 1.165) is 31.8 Å². The third kappa shape index (κ3) is 6.52. The zero-order valence-electron chi connectivity index (χ0n) is 13.3. The number of hydrogen-bond donors (Lipinski definition) is 1. The van der Waals surface area contributed by atoms with Gasteiger partial charge in [0.05, 0.1) is 0 Å². The van der Waals surface area contributed by atoms with E-state index >= 15 is 0 Å². The summed E-state index contributed by atoms with van der Waals surface area (Å²) in [6.45, 7) is 1.67. The zero-order valence-corrected chi connectivity index (χ0v) is 14.1. The van der Waals surface area contributed by atoms with Gasteiger partial charge in [0, 0.05) is 26.7 Å². The Kier molecular flexibility index (Phi) is 8.02. The van der Waals surface area contributed by atoms with Crippen LogP contribution in [-0.4, -0.2) is 57.9 Å². The molecule has 0 heterocycles. The summed E-state index contributed by atoms with van der Waals surface area (Å²) in [5.74, 6) is 0. The maximum Gasteiger partial charge on any atom is 0.278 e. The third-order valence-electron chi connectivity index (χ3n) is 4.15. The van der Waals surface area contributed by atoms with Crippen molar-refractivity contribution in [3.63, 3.8) is 0 Å². The minimum atomic E-state index is -3.25. The third-order valence-corrected chi connectivity index (χ3v) is 5.68. The normalized spacial score (nSPS) is 18.1. The van der Waals surface area contributed by atoms with Crippen LogP contribution in [0.15, 0.2) is 0 Å². The summed E-state index contributed by atoms with van der Waals surface area (Å²) in [5, 5.41) is 0. The van der Waals surface area contributed by atoms with Gasteiger partial charge in [0.2, 0.25) is 0 Å². The Morgan fingerprint density at radius 1 is 1.00 bits per heavy atom. The molecule has 5 nitrogen and oxygen atoms in total. The van der Waals surface area contributed by atoms with Gasteiger partial charge in [-0.15, -0.1) is 0 Å². The van der Waals surface area contributed by atoms with Crippen LogP contribution in [0.25, 0.3) is 0 Å². The van der Waals surface area contributed by atoms with Crippen LogP contribution in [-0.2, 0) is 10.2 Å². The summed E-state index contributed by atoms with van der Waals surface area (Å²) in [6.07, 6.45) is 9.98. The fraction of sp³-hybridized carbons (Fsp3) is 1.00. The molecule has 1 aliphatic carbocycles. The van der Waals surface area contributed by atoms with Crippen molar-refractivity contribution in [1.29, 1.82) is 0 Å². The molecule has 1 rings (SSSR count). The van der Waals surface area contributed by atoms with Crippen LogP contribution in [0.2, 0.25) is 0 Å². The molecule has 1 fully saturated rings. The predicted octanol–water partition coefficient (Wildman–Crippen LogP) is 1.82. The second kappa shape index (κ2) is 8.97. The molecule has 1 N–H and O–H groups in total. The van der Waals surface area contributed by atoms with Gasteiger partial charge < -0.3 is 4.90 Å². The molecule has 120 valence electrons. The second-order valence-electron chi connectivity index (χ2n) is 6.01. The smallest absolute Gasteiger partial charge is 0.278 e. The van der Waals surface area contributed by atoms with Crippen molar-refractivity contribution >= 4 is 10.2 Å². The lowest BCUT2D eigenvalue weighted by molar-refractivity contribution is 0.188. The lowest BCUT2D eigenvalue weighted by Gasteiger charge is -2.31. The summed E-state index contributed by atoms with van der Waals surface area (Å²) < 4.78 is 26.8. The van der Waals surface area contributed by atoms with Crippen molar-refractivity contribution in [2.75, 3.05) is 34.2 Å². The zero-order chi connectivity index (χ0) is 15.0. The van der Waals surface area contributed by atoms with Crippen LogP contribution in [0.5, 0.6) is 0 Å². The van der Waals surface area contributed by atoms with Gasteiger partial charge in [-0.2, -0.15) is 12.7 Å². The van der Waals surface area contributed by atoms with Crippen LogP contribution in [0.1, 0.15) is 51.4 Å². The van der Waals surface area contributed by atoms with Gasteiger partial charge in [-0.1, -0.05) is 25.7 Å². The van der Waals surface area contributed by atoms with E-state index in [1.807, 2.05) is 0 Å². The first-order valence-corrected chi connectivity index (χ1v) is 9.25. The Labute approximate surface area is 124 Å². The Morgan fingerprint density at radius 2 is 1.65 bits per heavy atom. The molecule has 0 aromatic carbocycles. The largest absolute Gasteiger partial charge is 0.303 e. The molecule has 0 aromatic rings. The molecule has 0 amide bonds. The highest BCUT2D eigenvalue weighted by atomic mass is 32.2. The van der Waals surface area contributed by atoms with Crippen LogP contribution < -0.4 is 4.72 Å². The Balaban J connectivity index is 2.04. The van der Waals surface area contributed by atoms with Crippen LogP contribution in [0.3, 0.4) is 0 Å². The molecular weight excluding hydrogens is 274 g/mol. The van der Waals surface area contributed by atoms with Crippen molar-refractivity contribution in [2.45, 2.75) is 57.4 Å². The van der Waals surface area contributed by atoms with Crippen molar-refractivity contribution in [3.05, 3.63) is 0 Å². The first-order valence-electron chi connectivity index (χ1n) is 7.81. The van der Waals surface area contributed by atoms with Crippen LogP contribution in [0.4, 0.5) is 0 Å². The molecule has 1 saturated carbocycles. The average Bonchev–Trinajstić information content (AvgIpc) is 2.43. The fourth-order valence-corrected chi connectivity index (χ4v) is 3.36. The van der Waals surface area contributed by atoms with E-state index < -0.39 is 10.2 Å². The predicted molar refractivity (Wildman–Crippen MR) is 84.0 cm³/mol. The molecule has 0 bridgehead atoms. The van der Waals surface area contributed by atoms with Gasteiger partial charge in [0.1, 0.15) is 0 Å². The SMILES string of the molecule is CN(CCCCCNS(=O)(=O)N(C)C)C1CCCCC1. The van der Waals surface area contributed by atoms with E-state index in [-0.39, 0.29) is 0 Å². The highest BCUT2D eigenvalue weighted by molar-refractivity contribution is 7.87. The van der Waals surface area contributed by atoms with Crippen LogP contribution >= 0.6 is 0 Å². The maximum absolute atomic E-state index is 11.5. The topological polar surface area (TPSA) is 52.7 Å². The van der Waals surface area contributed by atoms with E-state index in [0.29, 0.717) is 6.54 Å². The lowest BCUT2D eigenvalue weighted by atomic mass is 9.94. The van der Waals surface area contributed by atoms with E-state index in [9.17, 15) is 8.42 Å². The Bertz CT molecular complexity index is 351. The first kappa shape index (κ1) is 17.9. The number of nitrogens with zero attached hydrogens (tertiary/aromatic N) is 2. The standard InChI is InChI=1S/C14H31N3O2S/c1-16(2)20(18,19)15-12-8-5-9-13-17(3)14-10-6-4-7-11-14/h14-15H,4-13H2,1-3H3. The number of unbranched alkanes of at least 4 members (excludes halogenated alkanes) is 2. The summed E-state index contributed by atoms with van der Waals surface area (Å²) in [7, 11) is 2.07. The average molecular weight is 305 g/mol. The number of hydrogen-bond acceptors (Lipinski definition) is 3. The monoisotopic (exact) mass is 305 g/mol. The summed E-state index contributed by atoms with van der Waals surface area (Å²) in [4.78, 5) is 2.49. The van der Waals surface area contributed by atoms with Crippen LogP contribution in [0, 0.1) is 0 Å². The van der Waals surface area contributed by atoms with E-state index in [1.165, 1.54) is 36.4 Å². The maximum atomic E-state index is 11.5. The van der Waals surface area contributed by atoms with Gasteiger partial charge in [0.15, 0.2) is 0 Å². The molecule has 0 unspecified atom stereocenters.